The molecule has 0 spiro atoms. The summed E-state index contributed by atoms with van der Waals surface area (Å²) < 4.78 is 0. The molecule has 2 rings (SSSR count). The average Bonchev–Trinajstić information content (AvgIpc) is 2.49. The number of hydrogen-bond donors (Lipinski definition) is 4. The third kappa shape index (κ3) is 6.71. The summed E-state index contributed by atoms with van der Waals surface area (Å²) in [5.41, 5.74) is 13.2. The van der Waals surface area contributed by atoms with Gasteiger partial charge >= 0.3 is 7.12 Å². The summed E-state index contributed by atoms with van der Waals surface area (Å²) in [6.45, 7) is 2.25. The number of nitrogens with two attached hydrogens (primary N) is 2. The highest BCUT2D eigenvalue weighted by Gasteiger charge is 2.08. The molecule has 0 aromatic heterocycles. The predicted octanol–water partition coefficient (Wildman–Crippen LogP) is 0.309. The standard InChI is InChI=1S/C8H11N3.C7H9BO2/c9-6-8(10)11-7-4-2-1-3-5-7;1-6-2-4-7(5-3-6)8(9)10/h1-5H,6,9H2,(H2,10,11);2-5,9-10H,1H3. The maximum absolute atomic E-state index is 8.67. The van der Waals surface area contributed by atoms with Crippen LogP contribution in [-0.2, 0) is 0 Å². The maximum Gasteiger partial charge on any atom is 0.488 e. The average molecular weight is 285 g/mol. The van der Waals surface area contributed by atoms with Crippen molar-refractivity contribution >= 4 is 24.1 Å². The molecule has 0 saturated carbocycles. The molecule has 0 aliphatic carbocycles. The maximum atomic E-state index is 8.67. The molecule has 0 radical (unpaired) electrons. The highest BCUT2D eigenvalue weighted by Crippen LogP contribution is 2.08. The van der Waals surface area contributed by atoms with E-state index in [4.69, 9.17) is 21.5 Å². The summed E-state index contributed by atoms with van der Waals surface area (Å²) in [7, 11) is -1.35. The molecular formula is C15H20BN3O2. The Labute approximate surface area is 125 Å². The number of amidine groups is 1. The van der Waals surface area contributed by atoms with Gasteiger partial charge in [0.25, 0.3) is 0 Å². The van der Waals surface area contributed by atoms with Gasteiger partial charge in [-0.1, -0.05) is 48.0 Å². The molecule has 0 bridgehead atoms. The molecule has 2 aromatic rings. The van der Waals surface area contributed by atoms with Crippen LogP contribution < -0.4 is 16.9 Å². The fraction of sp³-hybridized carbons (Fsp3) is 0.133. The van der Waals surface area contributed by atoms with E-state index in [1.807, 2.05) is 49.4 Å². The first-order valence-electron chi connectivity index (χ1n) is 6.53. The van der Waals surface area contributed by atoms with Gasteiger partial charge in [0, 0.05) is 0 Å². The van der Waals surface area contributed by atoms with E-state index in [0.29, 0.717) is 17.8 Å². The van der Waals surface area contributed by atoms with Gasteiger partial charge in [0.15, 0.2) is 0 Å². The zero-order valence-corrected chi connectivity index (χ0v) is 12.0. The van der Waals surface area contributed by atoms with Crippen LogP contribution in [0.1, 0.15) is 5.56 Å². The number of aliphatic imine (C=N–C) groups is 1. The van der Waals surface area contributed by atoms with E-state index in [9.17, 15) is 0 Å². The molecule has 0 aliphatic heterocycles. The van der Waals surface area contributed by atoms with Crippen molar-refractivity contribution in [3.63, 3.8) is 0 Å². The van der Waals surface area contributed by atoms with Gasteiger partial charge in [-0.2, -0.15) is 0 Å². The van der Waals surface area contributed by atoms with Gasteiger partial charge in [-0.05, 0) is 24.5 Å². The highest BCUT2D eigenvalue weighted by atomic mass is 16.4. The molecule has 0 unspecified atom stereocenters. The molecule has 0 saturated heterocycles. The quantitative estimate of drug-likeness (QED) is 0.370. The van der Waals surface area contributed by atoms with E-state index in [-0.39, 0.29) is 0 Å². The lowest BCUT2D eigenvalue weighted by Gasteiger charge is -1.97. The highest BCUT2D eigenvalue weighted by molar-refractivity contribution is 6.58. The number of benzene rings is 2. The van der Waals surface area contributed by atoms with Crippen LogP contribution >= 0.6 is 0 Å². The molecule has 6 N–H and O–H groups in total. The smallest absolute Gasteiger partial charge is 0.423 e. The normalized spacial score (nSPS) is 10.6. The lowest BCUT2D eigenvalue weighted by molar-refractivity contribution is 0.426. The lowest BCUT2D eigenvalue weighted by Crippen LogP contribution is -2.29. The molecule has 0 heterocycles. The van der Waals surface area contributed by atoms with E-state index in [2.05, 4.69) is 4.99 Å². The fourth-order valence-electron chi connectivity index (χ4n) is 1.45. The van der Waals surface area contributed by atoms with Gasteiger partial charge in [0.1, 0.15) is 5.84 Å². The summed E-state index contributed by atoms with van der Waals surface area (Å²) in [5.74, 6) is 0.455. The number of para-hydroxylation sites is 1. The molecule has 2 aromatic carbocycles. The Kier molecular flexibility index (Phi) is 7.18. The van der Waals surface area contributed by atoms with Crippen molar-refractivity contribution in [3.05, 3.63) is 60.2 Å². The van der Waals surface area contributed by atoms with Crippen molar-refractivity contribution in [2.45, 2.75) is 6.92 Å². The molecule has 0 amide bonds. The van der Waals surface area contributed by atoms with Crippen molar-refractivity contribution in [1.29, 1.82) is 0 Å². The topological polar surface area (TPSA) is 105 Å². The SMILES string of the molecule is Cc1ccc(B(O)O)cc1.NCC(N)=Nc1ccccc1. The largest absolute Gasteiger partial charge is 0.488 e. The van der Waals surface area contributed by atoms with Crippen LogP contribution in [0.3, 0.4) is 0 Å². The van der Waals surface area contributed by atoms with Gasteiger partial charge in [-0.3, -0.25) is 0 Å². The van der Waals surface area contributed by atoms with Crippen LogP contribution in [0.15, 0.2) is 59.6 Å². The zero-order valence-electron chi connectivity index (χ0n) is 12.0. The summed E-state index contributed by atoms with van der Waals surface area (Å²) in [5, 5.41) is 17.3. The third-order valence-corrected chi connectivity index (χ3v) is 2.61. The molecule has 21 heavy (non-hydrogen) atoms. The lowest BCUT2D eigenvalue weighted by atomic mass is 9.80. The van der Waals surface area contributed by atoms with Crippen LogP contribution in [0.4, 0.5) is 5.69 Å². The molecule has 6 heteroatoms. The zero-order chi connectivity index (χ0) is 15.7. The van der Waals surface area contributed by atoms with Crippen LogP contribution in [0.5, 0.6) is 0 Å². The van der Waals surface area contributed by atoms with Crippen molar-refractivity contribution in [1.82, 2.24) is 0 Å². The van der Waals surface area contributed by atoms with Gasteiger partial charge < -0.3 is 21.5 Å². The molecule has 0 fully saturated rings. The van der Waals surface area contributed by atoms with Crippen LogP contribution in [0, 0.1) is 6.92 Å². The second kappa shape index (κ2) is 8.91. The molecule has 0 atom stereocenters. The number of rotatable bonds is 3. The summed E-state index contributed by atoms with van der Waals surface area (Å²) in [4.78, 5) is 4.05. The van der Waals surface area contributed by atoms with E-state index in [0.717, 1.165) is 11.3 Å². The monoisotopic (exact) mass is 285 g/mol. The van der Waals surface area contributed by atoms with Gasteiger partial charge in [0.05, 0.1) is 12.2 Å². The third-order valence-electron chi connectivity index (χ3n) is 2.61. The summed E-state index contributed by atoms with van der Waals surface area (Å²) >= 11 is 0. The van der Waals surface area contributed by atoms with Crippen molar-refractivity contribution < 1.29 is 10.0 Å². The van der Waals surface area contributed by atoms with Crippen LogP contribution in [-0.4, -0.2) is 29.5 Å². The first-order chi connectivity index (χ1) is 10.0. The Morgan fingerprint density at radius 1 is 1.05 bits per heavy atom. The first-order valence-corrected chi connectivity index (χ1v) is 6.53. The van der Waals surface area contributed by atoms with Crippen molar-refractivity contribution in [2.75, 3.05) is 6.54 Å². The van der Waals surface area contributed by atoms with E-state index < -0.39 is 7.12 Å². The fourth-order valence-corrected chi connectivity index (χ4v) is 1.45. The van der Waals surface area contributed by atoms with Gasteiger partial charge in [0.2, 0.25) is 0 Å². The van der Waals surface area contributed by atoms with Gasteiger partial charge in [-0.15, -0.1) is 0 Å². The molecule has 0 aliphatic rings. The van der Waals surface area contributed by atoms with Crippen molar-refractivity contribution in [3.8, 4) is 0 Å². The Morgan fingerprint density at radius 3 is 2.10 bits per heavy atom. The van der Waals surface area contributed by atoms with E-state index >= 15 is 0 Å². The minimum atomic E-state index is -1.35. The predicted molar refractivity (Wildman–Crippen MR) is 87.8 cm³/mol. The van der Waals surface area contributed by atoms with E-state index in [1.54, 1.807) is 12.1 Å². The number of aryl methyl sites for hydroxylation is 1. The summed E-state index contributed by atoms with van der Waals surface area (Å²) in [6.07, 6.45) is 0. The number of nitrogens with zero attached hydrogens (tertiary/aromatic N) is 1. The van der Waals surface area contributed by atoms with Crippen LogP contribution in [0.2, 0.25) is 0 Å². The second-order valence-electron chi connectivity index (χ2n) is 4.43. The Bertz CT molecular complexity index is 557. The second-order valence-corrected chi connectivity index (χ2v) is 4.43. The van der Waals surface area contributed by atoms with E-state index in [1.165, 1.54) is 0 Å². The van der Waals surface area contributed by atoms with Crippen molar-refractivity contribution in [2.24, 2.45) is 16.5 Å². The number of hydrogen-bond acceptors (Lipinski definition) is 4. The summed E-state index contributed by atoms with van der Waals surface area (Å²) in [6, 6.07) is 16.6. The van der Waals surface area contributed by atoms with Gasteiger partial charge in [-0.25, -0.2) is 4.99 Å². The molecule has 5 nitrogen and oxygen atoms in total. The Balaban J connectivity index is 0.000000211. The van der Waals surface area contributed by atoms with Crippen LogP contribution in [0.25, 0.3) is 0 Å². The minimum Gasteiger partial charge on any atom is -0.423 e. The molecular weight excluding hydrogens is 265 g/mol. The Morgan fingerprint density at radius 2 is 1.62 bits per heavy atom. The minimum absolute atomic E-state index is 0.300. The molecule has 110 valence electrons. The Hall–Kier alpha value is -2.15. The first kappa shape index (κ1) is 16.9.